The quantitative estimate of drug-likeness (QED) is 0.815. The van der Waals surface area contributed by atoms with Gasteiger partial charge >= 0.3 is 0 Å². The zero-order chi connectivity index (χ0) is 20.5. The molecule has 8 nitrogen and oxygen atoms in total. The Morgan fingerprint density at radius 2 is 1.71 bits per heavy atom. The molecular weight excluding hydrogens is 380 g/mol. The number of amides is 2. The molecule has 150 valence electrons. The molecule has 1 aromatic heterocycles. The van der Waals surface area contributed by atoms with E-state index in [0.717, 1.165) is 17.1 Å². The lowest BCUT2D eigenvalue weighted by Crippen LogP contribution is -2.51. The summed E-state index contributed by atoms with van der Waals surface area (Å²) in [5.74, 6) is -0.701. The number of benzene rings is 1. The number of aryl methyl sites for hydroxylation is 2. The van der Waals surface area contributed by atoms with E-state index in [2.05, 4.69) is 10.4 Å². The number of sulfone groups is 1. The van der Waals surface area contributed by atoms with Crippen molar-refractivity contribution in [2.75, 3.05) is 24.6 Å². The fourth-order valence-electron chi connectivity index (χ4n) is 3.19. The van der Waals surface area contributed by atoms with Gasteiger partial charge in [-0.05, 0) is 51.1 Å². The van der Waals surface area contributed by atoms with Gasteiger partial charge in [0.15, 0.2) is 9.84 Å². The molecule has 28 heavy (non-hydrogen) atoms. The van der Waals surface area contributed by atoms with Gasteiger partial charge in [-0.25, -0.2) is 13.1 Å². The van der Waals surface area contributed by atoms with Crippen molar-refractivity contribution in [2.24, 2.45) is 0 Å². The minimum absolute atomic E-state index is 0.0345. The summed E-state index contributed by atoms with van der Waals surface area (Å²) in [5, 5.41) is 7.10. The molecule has 1 saturated heterocycles. The molecule has 2 amide bonds. The zero-order valence-electron chi connectivity index (χ0n) is 16.2. The van der Waals surface area contributed by atoms with Crippen molar-refractivity contribution in [3.63, 3.8) is 0 Å². The Labute approximate surface area is 164 Å². The van der Waals surface area contributed by atoms with Crippen molar-refractivity contribution in [3.05, 3.63) is 47.3 Å². The van der Waals surface area contributed by atoms with Crippen LogP contribution in [0.5, 0.6) is 0 Å². The number of carbonyl (C=O) groups is 2. The number of aromatic nitrogens is 2. The smallest absolute Gasteiger partial charge is 0.251 e. The van der Waals surface area contributed by atoms with Crippen molar-refractivity contribution < 1.29 is 18.0 Å². The highest BCUT2D eigenvalue weighted by Gasteiger charge is 2.28. The van der Waals surface area contributed by atoms with Crippen molar-refractivity contribution >= 4 is 21.7 Å². The Kier molecular flexibility index (Phi) is 5.55. The predicted octanol–water partition coefficient (Wildman–Crippen LogP) is 0.864. The summed E-state index contributed by atoms with van der Waals surface area (Å²) in [6.45, 7) is 5.81. The third-order valence-corrected chi connectivity index (χ3v) is 6.37. The summed E-state index contributed by atoms with van der Waals surface area (Å²) in [4.78, 5) is 26.4. The van der Waals surface area contributed by atoms with Gasteiger partial charge in [-0.1, -0.05) is 0 Å². The van der Waals surface area contributed by atoms with Crippen LogP contribution in [0.4, 0.5) is 0 Å². The van der Waals surface area contributed by atoms with Crippen LogP contribution in [0.25, 0.3) is 5.69 Å². The maximum Gasteiger partial charge on any atom is 0.251 e. The van der Waals surface area contributed by atoms with Crippen LogP contribution in [0.15, 0.2) is 30.3 Å². The van der Waals surface area contributed by atoms with E-state index in [1.807, 2.05) is 19.9 Å². The van der Waals surface area contributed by atoms with Crippen LogP contribution >= 0.6 is 0 Å². The van der Waals surface area contributed by atoms with Crippen LogP contribution in [-0.4, -0.2) is 65.5 Å². The molecule has 0 aliphatic carbocycles. The number of hydrogen-bond acceptors (Lipinski definition) is 5. The van der Waals surface area contributed by atoms with Gasteiger partial charge in [0.1, 0.15) is 6.04 Å². The molecule has 2 aromatic rings. The highest BCUT2D eigenvalue weighted by atomic mass is 32.2. The first-order valence-corrected chi connectivity index (χ1v) is 10.9. The summed E-state index contributed by atoms with van der Waals surface area (Å²) < 4.78 is 24.8. The van der Waals surface area contributed by atoms with Gasteiger partial charge in [0, 0.05) is 24.3 Å². The van der Waals surface area contributed by atoms with E-state index in [9.17, 15) is 18.0 Å². The second-order valence-electron chi connectivity index (χ2n) is 7.06. The highest BCUT2D eigenvalue weighted by molar-refractivity contribution is 7.91. The van der Waals surface area contributed by atoms with E-state index in [1.54, 1.807) is 35.9 Å². The van der Waals surface area contributed by atoms with E-state index >= 15 is 0 Å². The lowest BCUT2D eigenvalue weighted by Gasteiger charge is -2.29. The van der Waals surface area contributed by atoms with Crippen LogP contribution in [-0.2, 0) is 14.6 Å². The standard InChI is InChI=1S/C19H24N4O4S/c1-13-12-14(2)23(21-13)17-6-4-16(5-7-17)18(24)20-15(3)19(25)22-8-10-28(26,27)11-9-22/h4-7,12,15H,8-11H2,1-3H3,(H,20,24). The lowest BCUT2D eigenvalue weighted by molar-refractivity contribution is -0.132. The van der Waals surface area contributed by atoms with E-state index in [-0.39, 0.29) is 36.4 Å². The average Bonchev–Trinajstić information content (AvgIpc) is 2.99. The van der Waals surface area contributed by atoms with E-state index < -0.39 is 15.9 Å². The Bertz CT molecular complexity index is 981. The Hall–Kier alpha value is -2.68. The van der Waals surface area contributed by atoms with Gasteiger partial charge in [0.25, 0.3) is 5.91 Å². The maximum atomic E-state index is 12.5. The van der Waals surface area contributed by atoms with Gasteiger partial charge in [-0.15, -0.1) is 0 Å². The summed E-state index contributed by atoms with van der Waals surface area (Å²) in [7, 11) is -3.06. The molecule has 0 spiro atoms. The van der Waals surface area contributed by atoms with Gasteiger partial charge in [-0.3, -0.25) is 9.59 Å². The molecule has 0 radical (unpaired) electrons. The first-order valence-electron chi connectivity index (χ1n) is 9.10. The molecule has 1 aliphatic heterocycles. The third-order valence-electron chi connectivity index (χ3n) is 4.76. The summed E-state index contributed by atoms with van der Waals surface area (Å²) in [5.41, 5.74) is 3.20. The second kappa shape index (κ2) is 7.75. The van der Waals surface area contributed by atoms with Crippen LogP contribution in [0.3, 0.4) is 0 Å². The minimum atomic E-state index is -3.06. The van der Waals surface area contributed by atoms with Gasteiger partial charge in [-0.2, -0.15) is 5.10 Å². The SMILES string of the molecule is Cc1cc(C)n(-c2ccc(C(=O)NC(C)C(=O)N3CCS(=O)(=O)CC3)cc2)n1. The van der Waals surface area contributed by atoms with Crippen LogP contribution in [0, 0.1) is 13.8 Å². The lowest BCUT2D eigenvalue weighted by atomic mass is 10.1. The fraction of sp³-hybridized carbons (Fsp3) is 0.421. The molecule has 0 saturated carbocycles. The minimum Gasteiger partial charge on any atom is -0.341 e. The second-order valence-corrected chi connectivity index (χ2v) is 9.36. The molecule has 9 heteroatoms. The van der Waals surface area contributed by atoms with Crippen molar-refractivity contribution in [1.29, 1.82) is 0 Å². The van der Waals surface area contributed by atoms with Crippen molar-refractivity contribution in [1.82, 2.24) is 20.0 Å². The molecule has 1 aliphatic rings. The summed E-state index contributed by atoms with van der Waals surface area (Å²) in [6.07, 6.45) is 0. The maximum absolute atomic E-state index is 12.5. The van der Waals surface area contributed by atoms with Crippen LogP contribution in [0.2, 0.25) is 0 Å². The monoisotopic (exact) mass is 404 g/mol. The zero-order valence-corrected chi connectivity index (χ0v) is 17.0. The van der Waals surface area contributed by atoms with E-state index in [0.29, 0.717) is 5.56 Å². The largest absolute Gasteiger partial charge is 0.341 e. The van der Waals surface area contributed by atoms with Crippen molar-refractivity contribution in [3.8, 4) is 5.69 Å². The van der Waals surface area contributed by atoms with Crippen molar-refractivity contribution in [2.45, 2.75) is 26.8 Å². The summed E-state index contributed by atoms with van der Waals surface area (Å²) >= 11 is 0. The topological polar surface area (TPSA) is 101 Å². The summed E-state index contributed by atoms with van der Waals surface area (Å²) in [6, 6.07) is 8.22. The van der Waals surface area contributed by atoms with E-state index in [1.165, 1.54) is 4.90 Å². The molecule has 1 unspecified atom stereocenters. The Balaban J connectivity index is 1.62. The Morgan fingerprint density at radius 1 is 1.11 bits per heavy atom. The van der Waals surface area contributed by atoms with Crippen LogP contribution < -0.4 is 5.32 Å². The number of nitrogens with zero attached hydrogens (tertiary/aromatic N) is 3. The normalized spacial score (nSPS) is 17.2. The third kappa shape index (κ3) is 4.41. The average molecular weight is 404 g/mol. The Morgan fingerprint density at radius 3 is 2.25 bits per heavy atom. The molecular formula is C19H24N4O4S. The highest BCUT2D eigenvalue weighted by Crippen LogP contribution is 2.13. The van der Waals surface area contributed by atoms with Gasteiger partial charge in [0.2, 0.25) is 5.91 Å². The molecule has 1 fully saturated rings. The first kappa shape index (κ1) is 20.1. The van der Waals surface area contributed by atoms with Crippen LogP contribution in [0.1, 0.15) is 28.7 Å². The number of carbonyl (C=O) groups excluding carboxylic acids is 2. The predicted molar refractivity (Wildman–Crippen MR) is 105 cm³/mol. The fourth-order valence-corrected chi connectivity index (χ4v) is 4.39. The molecule has 2 heterocycles. The first-order chi connectivity index (χ1) is 13.2. The molecule has 0 bridgehead atoms. The van der Waals surface area contributed by atoms with Gasteiger partial charge < -0.3 is 10.2 Å². The molecule has 1 aromatic carbocycles. The molecule has 1 atom stereocenters. The molecule has 3 rings (SSSR count). The van der Waals surface area contributed by atoms with Gasteiger partial charge in [0.05, 0.1) is 22.9 Å². The molecule has 1 N–H and O–H groups in total. The number of hydrogen-bond donors (Lipinski definition) is 1. The number of rotatable bonds is 4. The number of nitrogens with one attached hydrogen (secondary N) is 1. The van der Waals surface area contributed by atoms with E-state index in [4.69, 9.17) is 0 Å².